The molecular formula is C24H19BrN2O5S. The fraction of sp³-hybridized carbons (Fsp3) is 0.167. The van der Waals surface area contributed by atoms with Crippen LogP contribution in [0.15, 0.2) is 58.4 Å². The number of rotatable bonds is 6. The van der Waals surface area contributed by atoms with E-state index in [9.17, 15) is 19.2 Å². The number of benzene rings is 2. The number of esters is 1. The van der Waals surface area contributed by atoms with Crippen LogP contribution in [0.2, 0.25) is 0 Å². The molecule has 0 aliphatic carbocycles. The highest BCUT2D eigenvalue weighted by Crippen LogP contribution is 2.37. The molecule has 1 aliphatic rings. The number of nitrogens with one attached hydrogen (secondary N) is 1. The SMILES string of the molecule is CCOC(=O)c1c(-c2ccc(Br)cc2)csc1NC(=O)[C@@H](C)N1C(=O)c2ccccc2C1=O. The van der Waals surface area contributed by atoms with Gasteiger partial charge in [0.15, 0.2) is 0 Å². The smallest absolute Gasteiger partial charge is 0.341 e. The van der Waals surface area contributed by atoms with Crippen molar-refractivity contribution in [2.24, 2.45) is 0 Å². The predicted molar refractivity (Wildman–Crippen MR) is 128 cm³/mol. The number of halogens is 1. The van der Waals surface area contributed by atoms with Crippen LogP contribution in [-0.4, -0.2) is 41.2 Å². The molecule has 0 fully saturated rings. The van der Waals surface area contributed by atoms with E-state index in [1.165, 1.54) is 18.3 Å². The molecule has 9 heteroatoms. The topological polar surface area (TPSA) is 92.8 Å². The Hall–Kier alpha value is -3.30. The molecular weight excluding hydrogens is 508 g/mol. The minimum atomic E-state index is -1.08. The third-order valence-electron chi connectivity index (χ3n) is 5.25. The molecule has 168 valence electrons. The van der Waals surface area contributed by atoms with E-state index >= 15 is 0 Å². The Kier molecular flexibility index (Phi) is 6.44. The van der Waals surface area contributed by atoms with E-state index in [1.54, 1.807) is 36.6 Å². The molecule has 0 spiro atoms. The van der Waals surface area contributed by atoms with Crippen molar-refractivity contribution in [1.82, 2.24) is 4.90 Å². The Labute approximate surface area is 202 Å². The lowest BCUT2D eigenvalue weighted by Crippen LogP contribution is -2.45. The Morgan fingerprint density at radius 2 is 1.64 bits per heavy atom. The van der Waals surface area contributed by atoms with Crippen LogP contribution in [0.4, 0.5) is 5.00 Å². The van der Waals surface area contributed by atoms with Gasteiger partial charge < -0.3 is 10.1 Å². The van der Waals surface area contributed by atoms with Crippen LogP contribution in [-0.2, 0) is 9.53 Å². The number of imide groups is 1. The summed E-state index contributed by atoms with van der Waals surface area (Å²) in [5.41, 5.74) is 2.17. The van der Waals surface area contributed by atoms with Crippen molar-refractivity contribution in [2.45, 2.75) is 19.9 Å². The summed E-state index contributed by atoms with van der Waals surface area (Å²) in [6.07, 6.45) is 0. The van der Waals surface area contributed by atoms with Gasteiger partial charge in [-0.05, 0) is 43.7 Å². The first-order valence-corrected chi connectivity index (χ1v) is 11.8. The first-order chi connectivity index (χ1) is 15.8. The molecule has 1 aliphatic heterocycles. The molecule has 4 rings (SSSR count). The van der Waals surface area contributed by atoms with Crippen LogP contribution in [0.3, 0.4) is 0 Å². The molecule has 0 radical (unpaired) electrons. The van der Waals surface area contributed by atoms with Crippen molar-refractivity contribution in [2.75, 3.05) is 11.9 Å². The van der Waals surface area contributed by atoms with Gasteiger partial charge in [0.25, 0.3) is 11.8 Å². The number of thiophene rings is 1. The van der Waals surface area contributed by atoms with E-state index in [4.69, 9.17) is 4.74 Å². The lowest BCUT2D eigenvalue weighted by Gasteiger charge is -2.21. The van der Waals surface area contributed by atoms with Crippen molar-refractivity contribution in [1.29, 1.82) is 0 Å². The van der Waals surface area contributed by atoms with E-state index in [-0.39, 0.29) is 23.3 Å². The second-order valence-corrected chi connectivity index (χ2v) is 9.07. The molecule has 0 unspecified atom stereocenters. The highest BCUT2D eigenvalue weighted by atomic mass is 79.9. The fourth-order valence-corrected chi connectivity index (χ4v) is 4.82. The highest BCUT2D eigenvalue weighted by molar-refractivity contribution is 9.10. The Bertz CT molecular complexity index is 1230. The first kappa shape index (κ1) is 22.9. The molecule has 0 bridgehead atoms. The Balaban J connectivity index is 1.63. The zero-order chi connectivity index (χ0) is 23.7. The van der Waals surface area contributed by atoms with Crippen LogP contribution < -0.4 is 5.32 Å². The molecule has 3 amide bonds. The van der Waals surface area contributed by atoms with E-state index in [0.717, 1.165) is 14.9 Å². The standard InChI is InChI=1S/C24H19BrN2O5S/c1-3-32-24(31)19-18(14-8-10-15(25)11-9-14)12-33-21(19)26-20(28)13(2)27-22(29)16-6-4-5-7-17(16)23(27)30/h4-13H,3H2,1-2H3,(H,26,28)/t13-/m1/s1. The number of fused-ring (bicyclic) bond motifs is 1. The molecule has 0 saturated carbocycles. The summed E-state index contributed by atoms with van der Waals surface area (Å²) in [6, 6.07) is 12.8. The third kappa shape index (κ3) is 4.21. The van der Waals surface area contributed by atoms with Crippen LogP contribution >= 0.6 is 27.3 Å². The Morgan fingerprint density at radius 3 is 2.21 bits per heavy atom. The van der Waals surface area contributed by atoms with E-state index in [0.29, 0.717) is 10.6 Å². The summed E-state index contributed by atoms with van der Waals surface area (Å²) >= 11 is 4.56. The number of amides is 3. The molecule has 1 aromatic heterocycles. The number of ether oxygens (including phenoxy) is 1. The maximum absolute atomic E-state index is 13.1. The summed E-state index contributed by atoms with van der Waals surface area (Å²) in [4.78, 5) is 52.2. The van der Waals surface area contributed by atoms with Gasteiger partial charge in [-0.1, -0.05) is 40.2 Å². The van der Waals surface area contributed by atoms with Gasteiger partial charge in [0.05, 0.1) is 17.7 Å². The van der Waals surface area contributed by atoms with Gasteiger partial charge in [-0.15, -0.1) is 11.3 Å². The number of hydrogen-bond acceptors (Lipinski definition) is 6. The monoisotopic (exact) mass is 526 g/mol. The fourth-order valence-electron chi connectivity index (χ4n) is 3.59. The lowest BCUT2D eigenvalue weighted by molar-refractivity contribution is -0.119. The second kappa shape index (κ2) is 9.29. The molecule has 3 aromatic rings. The average Bonchev–Trinajstić information content (AvgIpc) is 3.33. The van der Waals surface area contributed by atoms with Crippen molar-refractivity contribution in [3.63, 3.8) is 0 Å². The van der Waals surface area contributed by atoms with Gasteiger partial charge >= 0.3 is 5.97 Å². The van der Waals surface area contributed by atoms with Crippen LogP contribution in [0, 0.1) is 0 Å². The molecule has 7 nitrogen and oxygen atoms in total. The maximum atomic E-state index is 13.1. The maximum Gasteiger partial charge on any atom is 0.341 e. The van der Waals surface area contributed by atoms with Crippen molar-refractivity contribution < 1.29 is 23.9 Å². The molecule has 1 atom stereocenters. The predicted octanol–water partition coefficient (Wildman–Crippen LogP) is 4.98. The van der Waals surface area contributed by atoms with E-state index in [1.807, 2.05) is 24.3 Å². The van der Waals surface area contributed by atoms with Crippen LogP contribution in [0.25, 0.3) is 11.1 Å². The Morgan fingerprint density at radius 1 is 1.03 bits per heavy atom. The number of anilines is 1. The van der Waals surface area contributed by atoms with Gasteiger partial charge in [0.1, 0.15) is 16.6 Å². The van der Waals surface area contributed by atoms with Gasteiger partial charge in [-0.25, -0.2) is 4.79 Å². The average molecular weight is 527 g/mol. The van der Waals surface area contributed by atoms with E-state index < -0.39 is 29.7 Å². The summed E-state index contributed by atoms with van der Waals surface area (Å²) < 4.78 is 6.11. The van der Waals surface area contributed by atoms with Crippen LogP contribution in [0.5, 0.6) is 0 Å². The zero-order valence-electron chi connectivity index (χ0n) is 17.8. The number of nitrogens with zero attached hydrogens (tertiary/aromatic N) is 1. The summed E-state index contributed by atoms with van der Waals surface area (Å²) in [5, 5.41) is 4.77. The second-order valence-electron chi connectivity index (χ2n) is 7.27. The summed E-state index contributed by atoms with van der Waals surface area (Å²) in [6.45, 7) is 3.35. The number of hydrogen-bond donors (Lipinski definition) is 1. The highest BCUT2D eigenvalue weighted by Gasteiger charge is 2.41. The van der Waals surface area contributed by atoms with Gasteiger partial charge in [0.2, 0.25) is 5.91 Å². The van der Waals surface area contributed by atoms with Crippen molar-refractivity contribution in [3.05, 3.63) is 75.1 Å². The first-order valence-electron chi connectivity index (χ1n) is 10.2. The number of carbonyl (C=O) groups excluding carboxylic acids is 4. The van der Waals surface area contributed by atoms with Gasteiger partial charge in [-0.3, -0.25) is 19.3 Å². The molecule has 33 heavy (non-hydrogen) atoms. The van der Waals surface area contributed by atoms with Gasteiger partial charge in [-0.2, -0.15) is 0 Å². The summed E-state index contributed by atoms with van der Waals surface area (Å²) in [5.74, 6) is -2.20. The molecule has 0 saturated heterocycles. The van der Waals surface area contributed by atoms with E-state index in [2.05, 4.69) is 21.2 Å². The summed E-state index contributed by atoms with van der Waals surface area (Å²) in [7, 11) is 0. The minimum Gasteiger partial charge on any atom is -0.462 e. The largest absolute Gasteiger partial charge is 0.462 e. The normalized spacial score (nSPS) is 13.6. The number of carbonyl (C=O) groups is 4. The minimum absolute atomic E-state index is 0.174. The van der Waals surface area contributed by atoms with Gasteiger partial charge in [0, 0.05) is 15.4 Å². The molecule has 2 heterocycles. The van der Waals surface area contributed by atoms with Crippen molar-refractivity contribution >= 4 is 56.0 Å². The van der Waals surface area contributed by atoms with Crippen molar-refractivity contribution in [3.8, 4) is 11.1 Å². The quantitative estimate of drug-likeness (QED) is 0.361. The lowest BCUT2D eigenvalue weighted by atomic mass is 10.0. The third-order valence-corrected chi connectivity index (χ3v) is 6.68. The van der Waals surface area contributed by atoms with Crippen LogP contribution in [0.1, 0.15) is 44.9 Å². The molecule has 2 aromatic carbocycles. The zero-order valence-corrected chi connectivity index (χ0v) is 20.2. The molecule has 1 N–H and O–H groups in total.